The summed E-state index contributed by atoms with van der Waals surface area (Å²) in [6.07, 6.45) is 4.55. The molecule has 0 spiro atoms. The summed E-state index contributed by atoms with van der Waals surface area (Å²) < 4.78 is 0. The minimum atomic E-state index is 0.463. The Morgan fingerprint density at radius 1 is 1.37 bits per heavy atom. The van der Waals surface area contributed by atoms with Gasteiger partial charge in [-0.05, 0) is 39.8 Å². The zero-order valence-corrected chi connectivity index (χ0v) is 12.4. The standard InChI is InChI=1S/C14H21N3OS/c1-10-8-16(2)6-3-7-17(10)14-15-13(11-4-5-11)12(9-18)19-14/h9-11H,3-8H2,1-2H3. The third kappa shape index (κ3) is 2.67. The number of hydrogen-bond donors (Lipinski definition) is 0. The van der Waals surface area contributed by atoms with Crippen molar-refractivity contribution in [2.24, 2.45) is 0 Å². The number of thiazole rings is 1. The summed E-state index contributed by atoms with van der Waals surface area (Å²) in [5, 5.41) is 1.05. The Balaban J connectivity index is 1.86. The molecule has 0 bridgehead atoms. The second-order valence-corrected chi connectivity index (χ2v) is 6.81. The molecule has 104 valence electrons. The van der Waals surface area contributed by atoms with Gasteiger partial charge in [-0.25, -0.2) is 4.98 Å². The molecule has 0 aromatic carbocycles. The largest absolute Gasteiger partial charge is 0.344 e. The number of hydrogen-bond acceptors (Lipinski definition) is 5. The van der Waals surface area contributed by atoms with Crippen LogP contribution in [0.15, 0.2) is 0 Å². The van der Waals surface area contributed by atoms with Crippen LogP contribution in [0, 0.1) is 0 Å². The van der Waals surface area contributed by atoms with Gasteiger partial charge in [0.15, 0.2) is 11.4 Å². The maximum Gasteiger partial charge on any atom is 0.186 e. The molecule has 2 heterocycles. The van der Waals surface area contributed by atoms with Crippen LogP contribution in [0.2, 0.25) is 0 Å². The molecule has 0 radical (unpaired) electrons. The van der Waals surface area contributed by atoms with Crippen LogP contribution >= 0.6 is 11.3 Å². The van der Waals surface area contributed by atoms with E-state index in [0.717, 1.165) is 48.0 Å². The SMILES string of the molecule is CC1CN(C)CCCN1c1nc(C2CC2)c(C=O)s1. The van der Waals surface area contributed by atoms with Crippen LogP contribution in [-0.4, -0.2) is 48.9 Å². The number of aromatic nitrogens is 1. The van der Waals surface area contributed by atoms with Crippen molar-refractivity contribution in [1.29, 1.82) is 0 Å². The Labute approximate surface area is 118 Å². The molecule has 1 aliphatic carbocycles. The summed E-state index contributed by atoms with van der Waals surface area (Å²) in [7, 11) is 2.17. The predicted octanol–water partition coefficient (Wildman–Crippen LogP) is 2.36. The fourth-order valence-corrected chi connectivity index (χ4v) is 3.94. The molecular formula is C14H21N3OS. The van der Waals surface area contributed by atoms with Gasteiger partial charge >= 0.3 is 0 Å². The molecule has 2 fully saturated rings. The van der Waals surface area contributed by atoms with Crippen molar-refractivity contribution >= 4 is 22.8 Å². The number of carbonyl (C=O) groups is 1. The topological polar surface area (TPSA) is 36.4 Å². The second-order valence-electron chi connectivity index (χ2n) is 5.80. The second kappa shape index (κ2) is 5.21. The lowest BCUT2D eigenvalue weighted by atomic mass is 10.2. The highest BCUT2D eigenvalue weighted by molar-refractivity contribution is 7.17. The van der Waals surface area contributed by atoms with Crippen molar-refractivity contribution in [3.8, 4) is 0 Å². The van der Waals surface area contributed by atoms with E-state index in [1.165, 1.54) is 12.8 Å². The van der Waals surface area contributed by atoms with Gasteiger partial charge in [-0.2, -0.15) is 0 Å². The fraction of sp³-hybridized carbons (Fsp3) is 0.714. The maximum atomic E-state index is 11.2. The molecule has 5 heteroatoms. The first-order valence-corrected chi connectivity index (χ1v) is 7.91. The third-order valence-electron chi connectivity index (χ3n) is 4.03. The van der Waals surface area contributed by atoms with Crippen LogP contribution in [0.5, 0.6) is 0 Å². The molecule has 1 saturated heterocycles. The highest BCUT2D eigenvalue weighted by atomic mass is 32.1. The molecule has 2 aliphatic rings. The molecule has 1 aromatic heterocycles. The van der Waals surface area contributed by atoms with E-state index in [0.29, 0.717) is 12.0 Å². The van der Waals surface area contributed by atoms with Crippen molar-refractivity contribution < 1.29 is 4.79 Å². The summed E-state index contributed by atoms with van der Waals surface area (Å²) in [5.41, 5.74) is 1.06. The first-order valence-electron chi connectivity index (χ1n) is 7.10. The van der Waals surface area contributed by atoms with E-state index in [2.05, 4.69) is 23.8 Å². The molecule has 1 unspecified atom stereocenters. The lowest BCUT2D eigenvalue weighted by Gasteiger charge is -2.27. The molecule has 1 atom stereocenters. The van der Waals surface area contributed by atoms with Crippen molar-refractivity contribution in [2.45, 2.75) is 38.1 Å². The fourth-order valence-electron chi connectivity index (χ4n) is 2.84. The zero-order chi connectivity index (χ0) is 13.4. The van der Waals surface area contributed by atoms with Crippen molar-refractivity contribution in [2.75, 3.05) is 31.6 Å². The number of carbonyl (C=O) groups excluding carboxylic acids is 1. The molecule has 1 aromatic rings. The average Bonchev–Trinajstić information content (AvgIpc) is 3.16. The number of rotatable bonds is 3. The molecule has 3 rings (SSSR count). The molecule has 1 aliphatic heterocycles. The quantitative estimate of drug-likeness (QED) is 0.796. The average molecular weight is 279 g/mol. The van der Waals surface area contributed by atoms with E-state index in [1.54, 1.807) is 11.3 Å². The van der Waals surface area contributed by atoms with E-state index in [4.69, 9.17) is 4.98 Å². The van der Waals surface area contributed by atoms with Crippen LogP contribution < -0.4 is 4.90 Å². The minimum absolute atomic E-state index is 0.463. The van der Waals surface area contributed by atoms with E-state index in [1.807, 2.05) is 0 Å². The minimum Gasteiger partial charge on any atom is -0.344 e. The third-order valence-corrected chi connectivity index (χ3v) is 5.07. The maximum absolute atomic E-state index is 11.2. The first kappa shape index (κ1) is 13.1. The molecule has 4 nitrogen and oxygen atoms in total. The first-order chi connectivity index (χ1) is 9.19. The van der Waals surface area contributed by atoms with Crippen molar-refractivity contribution in [3.05, 3.63) is 10.6 Å². The van der Waals surface area contributed by atoms with E-state index in [-0.39, 0.29) is 0 Å². The Morgan fingerprint density at radius 2 is 2.16 bits per heavy atom. The van der Waals surface area contributed by atoms with Gasteiger partial charge in [0.05, 0.1) is 10.6 Å². The van der Waals surface area contributed by atoms with Gasteiger partial charge in [-0.1, -0.05) is 11.3 Å². The Bertz CT molecular complexity index is 469. The van der Waals surface area contributed by atoms with Gasteiger partial charge in [0.2, 0.25) is 0 Å². The lowest BCUT2D eigenvalue weighted by molar-refractivity contribution is 0.112. The number of aldehydes is 1. The van der Waals surface area contributed by atoms with Crippen molar-refractivity contribution in [1.82, 2.24) is 9.88 Å². The van der Waals surface area contributed by atoms with Gasteiger partial charge in [0, 0.05) is 25.0 Å². The molecule has 19 heavy (non-hydrogen) atoms. The molecule has 0 amide bonds. The van der Waals surface area contributed by atoms with Gasteiger partial charge in [0.1, 0.15) is 0 Å². The van der Waals surface area contributed by atoms with E-state index in [9.17, 15) is 4.79 Å². The van der Waals surface area contributed by atoms with Gasteiger partial charge < -0.3 is 9.80 Å². The van der Waals surface area contributed by atoms with Crippen LogP contribution in [0.4, 0.5) is 5.13 Å². The monoisotopic (exact) mass is 279 g/mol. The summed E-state index contributed by atoms with van der Waals surface area (Å²) >= 11 is 1.58. The van der Waals surface area contributed by atoms with E-state index < -0.39 is 0 Å². The normalized spacial score (nSPS) is 25.4. The highest BCUT2D eigenvalue weighted by Crippen LogP contribution is 2.43. The molecule has 0 N–H and O–H groups in total. The number of anilines is 1. The highest BCUT2D eigenvalue weighted by Gasteiger charge is 2.31. The molecular weight excluding hydrogens is 258 g/mol. The number of nitrogens with zero attached hydrogens (tertiary/aromatic N) is 3. The van der Waals surface area contributed by atoms with Gasteiger partial charge in [0.25, 0.3) is 0 Å². The number of likely N-dealkylation sites (N-methyl/N-ethyl adjacent to an activating group) is 1. The Hall–Kier alpha value is -0.940. The summed E-state index contributed by atoms with van der Waals surface area (Å²) in [4.78, 5) is 21.6. The summed E-state index contributed by atoms with van der Waals surface area (Å²) in [5.74, 6) is 0.551. The molecule has 1 saturated carbocycles. The zero-order valence-electron chi connectivity index (χ0n) is 11.6. The van der Waals surface area contributed by atoms with Gasteiger partial charge in [-0.3, -0.25) is 4.79 Å². The van der Waals surface area contributed by atoms with Crippen LogP contribution in [0.3, 0.4) is 0 Å². The van der Waals surface area contributed by atoms with Crippen LogP contribution in [0.25, 0.3) is 0 Å². The summed E-state index contributed by atoms with van der Waals surface area (Å²) in [6.45, 7) is 5.50. The van der Waals surface area contributed by atoms with Crippen LogP contribution in [0.1, 0.15) is 47.5 Å². The Morgan fingerprint density at radius 3 is 2.84 bits per heavy atom. The lowest BCUT2D eigenvalue weighted by Crippen LogP contribution is -2.37. The van der Waals surface area contributed by atoms with E-state index >= 15 is 0 Å². The van der Waals surface area contributed by atoms with Crippen molar-refractivity contribution in [3.63, 3.8) is 0 Å². The van der Waals surface area contributed by atoms with Gasteiger partial charge in [-0.15, -0.1) is 0 Å². The Kier molecular flexibility index (Phi) is 3.58. The van der Waals surface area contributed by atoms with Crippen LogP contribution in [-0.2, 0) is 0 Å². The smallest absolute Gasteiger partial charge is 0.186 e. The predicted molar refractivity (Wildman–Crippen MR) is 78.4 cm³/mol. The summed E-state index contributed by atoms with van der Waals surface area (Å²) in [6, 6.07) is 0.463.